The first kappa shape index (κ1) is 19.5. The van der Waals surface area contributed by atoms with Crippen molar-refractivity contribution in [2.45, 2.75) is 58.7 Å². The summed E-state index contributed by atoms with van der Waals surface area (Å²) in [6, 6.07) is 4.48. The van der Waals surface area contributed by atoms with Crippen LogP contribution in [-0.4, -0.2) is 43.4 Å². The third kappa shape index (κ3) is 3.37. The number of H-pyrrole nitrogens is 1. The Balaban J connectivity index is 1.50. The van der Waals surface area contributed by atoms with Gasteiger partial charge in [-0.05, 0) is 43.3 Å². The van der Waals surface area contributed by atoms with Crippen molar-refractivity contribution >= 4 is 22.9 Å². The average molecular weight is 426 g/mol. The zero-order valence-corrected chi connectivity index (χ0v) is 18.3. The predicted molar refractivity (Wildman–Crippen MR) is 117 cm³/mol. The molecule has 8 heteroatoms. The molecule has 0 spiro atoms. The number of aromatic nitrogens is 3. The molecule has 1 amide bonds. The molecule has 0 aliphatic carbocycles. The van der Waals surface area contributed by atoms with Crippen LogP contribution in [0, 0.1) is 6.92 Å². The molecule has 0 saturated carbocycles. The van der Waals surface area contributed by atoms with Crippen LogP contribution < -0.4 is 5.56 Å². The second-order valence-electron chi connectivity index (χ2n) is 8.45. The zero-order chi connectivity index (χ0) is 20.8. The molecule has 3 aromatic heterocycles. The van der Waals surface area contributed by atoms with Crippen molar-refractivity contribution in [3.8, 4) is 0 Å². The first-order valence-electron chi connectivity index (χ1n) is 10.7. The molecule has 2 aliphatic rings. The molecular weight excluding hydrogens is 398 g/mol. The minimum atomic E-state index is -0.0799. The van der Waals surface area contributed by atoms with E-state index in [9.17, 15) is 9.59 Å². The predicted octanol–water partition coefficient (Wildman–Crippen LogP) is 3.02. The highest BCUT2D eigenvalue weighted by atomic mass is 32.1. The maximum Gasteiger partial charge on any atom is 0.277 e. The fourth-order valence-electron chi connectivity index (χ4n) is 4.72. The Kier molecular flexibility index (Phi) is 4.99. The van der Waals surface area contributed by atoms with Gasteiger partial charge in [0, 0.05) is 37.4 Å². The van der Waals surface area contributed by atoms with Gasteiger partial charge in [0.15, 0.2) is 5.65 Å². The number of nitrogens with zero attached hydrogens (tertiary/aromatic N) is 4. The molecule has 0 radical (unpaired) electrons. The van der Waals surface area contributed by atoms with Gasteiger partial charge in [-0.25, -0.2) is 9.50 Å². The van der Waals surface area contributed by atoms with Gasteiger partial charge in [-0.1, -0.05) is 6.42 Å². The smallest absolute Gasteiger partial charge is 0.277 e. The standard InChI is InChI=1S/C22H27N5O2S/c1-14-7-10-30-20(14)13-26-8-4-3-5-19(26)18-11-21-23-17-6-9-25(15(2)28)12-16(17)22(29)27(21)24-18/h7,10-11,19,24H,3-6,8-9,12-13H2,1-2H3. The van der Waals surface area contributed by atoms with E-state index >= 15 is 0 Å². The SMILES string of the molecule is CC(=O)N1CCc2nc3cc(C4CCCCN4Cc4sccc4C)[nH]n3c(=O)c2C1. The normalized spacial score (nSPS) is 19.9. The first-order chi connectivity index (χ1) is 14.5. The van der Waals surface area contributed by atoms with E-state index in [0.29, 0.717) is 30.7 Å². The largest absolute Gasteiger partial charge is 0.338 e. The van der Waals surface area contributed by atoms with Crippen LogP contribution in [0.2, 0.25) is 0 Å². The number of amides is 1. The van der Waals surface area contributed by atoms with Gasteiger partial charge >= 0.3 is 0 Å². The third-order valence-corrected chi connectivity index (χ3v) is 7.52. The number of thiophene rings is 1. The summed E-state index contributed by atoms with van der Waals surface area (Å²) in [5.41, 5.74) is 4.47. The highest BCUT2D eigenvalue weighted by Crippen LogP contribution is 2.33. The molecule has 5 rings (SSSR count). The minimum absolute atomic E-state index is 0.000889. The lowest BCUT2D eigenvalue weighted by Crippen LogP contribution is -2.39. The number of nitrogens with one attached hydrogen (secondary N) is 1. The van der Waals surface area contributed by atoms with Crippen molar-refractivity contribution < 1.29 is 4.79 Å². The summed E-state index contributed by atoms with van der Waals surface area (Å²) in [6.45, 7) is 6.69. The number of hydrogen-bond acceptors (Lipinski definition) is 5. The Morgan fingerprint density at radius 3 is 2.97 bits per heavy atom. The number of aromatic amines is 1. The summed E-state index contributed by atoms with van der Waals surface area (Å²) in [5, 5.41) is 5.51. The molecule has 1 N–H and O–H groups in total. The van der Waals surface area contributed by atoms with Crippen LogP contribution >= 0.6 is 11.3 Å². The van der Waals surface area contributed by atoms with E-state index in [1.54, 1.807) is 16.3 Å². The molecule has 1 saturated heterocycles. The summed E-state index contributed by atoms with van der Waals surface area (Å²) in [6.07, 6.45) is 4.10. The third-order valence-electron chi connectivity index (χ3n) is 6.51. The van der Waals surface area contributed by atoms with Crippen molar-refractivity contribution in [2.75, 3.05) is 13.1 Å². The van der Waals surface area contributed by atoms with E-state index in [-0.39, 0.29) is 17.5 Å². The van der Waals surface area contributed by atoms with Crippen molar-refractivity contribution in [3.05, 3.63) is 55.3 Å². The molecule has 0 aromatic carbocycles. The summed E-state index contributed by atoms with van der Waals surface area (Å²) in [7, 11) is 0. The highest BCUT2D eigenvalue weighted by Gasteiger charge is 2.28. The molecule has 5 heterocycles. The quantitative estimate of drug-likeness (QED) is 0.700. The number of aryl methyl sites for hydroxylation is 1. The number of fused-ring (bicyclic) bond motifs is 2. The van der Waals surface area contributed by atoms with E-state index < -0.39 is 0 Å². The Labute approximate surface area is 179 Å². The van der Waals surface area contributed by atoms with Crippen LogP contribution in [0.4, 0.5) is 0 Å². The van der Waals surface area contributed by atoms with Crippen LogP contribution in [0.15, 0.2) is 22.3 Å². The Hall–Kier alpha value is -2.45. The van der Waals surface area contributed by atoms with Gasteiger partial charge in [-0.15, -0.1) is 11.3 Å². The van der Waals surface area contributed by atoms with Crippen LogP contribution in [-0.2, 0) is 24.3 Å². The monoisotopic (exact) mass is 425 g/mol. The van der Waals surface area contributed by atoms with Gasteiger partial charge in [0.2, 0.25) is 5.91 Å². The van der Waals surface area contributed by atoms with Crippen molar-refractivity contribution in [1.29, 1.82) is 0 Å². The van der Waals surface area contributed by atoms with E-state index in [0.717, 1.165) is 30.9 Å². The molecule has 7 nitrogen and oxygen atoms in total. The van der Waals surface area contributed by atoms with Crippen LogP contribution in [0.25, 0.3) is 5.65 Å². The van der Waals surface area contributed by atoms with Crippen molar-refractivity contribution in [2.24, 2.45) is 0 Å². The Morgan fingerprint density at radius 2 is 2.20 bits per heavy atom. The molecule has 2 aliphatic heterocycles. The van der Waals surface area contributed by atoms with Crippen molar-refractivity contribution in [3.63, 3.8) is 0 Å². The molecule has 1 fully saturated rings. The molecule has 30 heavy (non-hydrogen) atoms. The maximum atomic E-state index is 13.2. The summed E-state index contributed by atoms with van der Waals surface area (Å²) < 4.78 is 1.57. The lowest BCUT2D eigenvalue weighted by atomic mass is 9.99. The van der Waals surface area contributed by atoms with Gasteiger partial charge < -0.3 is 4.90 Å². The van der Waals surface area contributed by atoms with Gasteiger partial charge in [0.1, 0.15) is 0 Å². The fourth-order valence-corrected chi connectivity index (χ4v) is 5.65. The van der Waals surface area contributed by atoms with E-state index in [1.807, 2.05) is 17.4 Å². The zero-order valence-electron chi connectivity index (χ0n) is 17.5. The van der Waals surface area contributed by atoms with E-state index in [1.165, 1.54) is 23.3 Å². The maximum absolute atomic E-state index is 13.2. The molecule has 3 aromatic rings. The van der Waals surface area contributed by atoms with Crippen LogP contribution in [0.3, 0.4) is 0 Å². The van der Waals surface area contributed by atoms with Crippen LogP contribution in [0.5, 0.6) is 0 Å². The van der Waals surface area contributed by atoms with E-state index in [2.05, 4.69) is 28.4 Å². The van der Waals surface area contributed by atoms with Crippen molar-refractivity contribution in [1.82, 2.24) is 24.4 Å². The van der Waals surface area contributed by atoms with Gasteiger partial charge in [0.05, 0.1) is 29.5 Å². The molecule has 1 unspecified atom stereocenters. The number of piperidine rings is 1. The second kappa shape index (κ2) is 7.67. The molecular formula is C22H27N5O2S. The lowest BCUT2D eigenvalue weighted by Gasteiger charge is -2.34. The van der Waals surface area contributed by atoms with E-state index in [4.69, 9.17) is 4.98 Å². The molecule has 1 atom stereocenters. The number of carbonyl (C=O) groups is 1. The Morgan fingerprint density at radius 1 is 1.33 bits per heavy atom. The molecule has 0 bridgehead atoms. The number of carbonyl (C=O) groups excluding carboxylic acids is 1. The fraction of sp³-hybridized carbons (Fsp3) is 0.500. The number of likely N-dealkylation sites (tertiary alicyclic amines) is 1. The Bertz CT molecular complexity index is 1160. The van der Waals surface area contributed by atoms with Gasteiger partial charge in [-0.2, -0.15) is 0 Å². The van der Waals surface area contributed by atoms with Gasteiger partial charge in [-0.3, -0.25) is 19.6 Å². The summed E-state index contributed by atoms with van der Waals surface area (Å²) in [5.74, 6) is -0.000889. The first-order valence-corrected chi connectivity index (χ1v) is 11.5. The highest BCUT2D eigenvalue weighted by molar-refractivity contribution is 7.10. The average Bonchev–Trinajstić information content (AvgIpc) is 3.35. The van der Waals surface area contributed by atoms with Gasteiger partial charge in [0.25, 0.3) is 5.56 Å². The summed E-state index contributed by atoms with van der Waals surface area (Å²) in [4.78, 5) is 35.4. The summed E-state index contributed by atoms with van der Waals surface area (Å²) >= 11 is 1.82. The number of rotatable bonds is 3. The topological polar surface area (TPSA) is 73.7 Å². The second-order valence-corrected chi connectivity index (χ2v) is 9.45. The van der Waals surface area contributed by atoms with Crippen LogP contribution in [0.1, 0.15) is 59.6 Å². The lowest BCUT2D eigenvalue weighted by molar-refractivity contribution is -0.129. The minimum Gasteiger partial charge on any atom is -0.338 e. The molecule has 158 valence electrons. The number of hydrogen-bond donors (Lipinski definition) is 1.